The van der Waals surface area contributed by atoms with E-state index in [-0.39, 0.29) is 5.82 Å². The minimum absolute atomic E-state index is 0.231. The maximum Gasteiger partial charge on any atom is 0.148 e. The second-order valence-electron chi connectivity index (χ2n) is 4.38. The lowest BCUT2D eigenvalue weighted by Crippen LogP contribution is -2.19. The van der Waals surface area contributed by atoms with Crippen molar-refractivity contribution in [1.82, 2.24) is 9.97 Å². The number of hydrogen-bond acceptors (Lipinski definition) is 4. The molecule has 20 heavy (non-hydrogen) atoms. The zero-order valence-electron chi connectivity index (χ0n) is 11.4. The second-order valence-corrected chi connectivity index (χ2v) is 5.17. The maximum absolute atomic E-state index is 13.2. The van der Waals surface area contributed by atoms with Crippen molar-refractivity contribution >= 4 is 27.6 Å². The van der Waals surface area contributed by atoms with Crippen molar-refractivity contribution in [2.45, 2.75) is 13.5 Å². The van der Waals surface area contributed by atoms with Gasteiger partial charge in [0.15, 0.2) is 0 Å². The van der Waals surface area contributed by atoms with E-state index in [2.05, 4.69) is 31.2 Å². The number of nitrogens with zero attached hydrogens (tertiary/aromatic N) is 3. The standard InChI is InChI=1S/C14H16BrFN4/c1-3-17-13-12(15)14(19-9-18-13)20(2)8-10-5-4-6-11(16)7-10/h4-7,9H,3,8H2,1-2H3,(H,17,18,19). The van der Waals surface area contributed by atoms with Crippen LogP contribution < -0.4 is 10.2 Å². The largest absolute Gasteiger partial charge is 0.369 e. The third-order valence-corrected chi connectivity index (χ3v) is 3.52. The summed E-state index contributed by atoms with van der Waals surface area (Å²) in [6.07, 6.45) is 1.51. The Kier molecular flexibility index (Phi) is 4.89. The van der Waals surface area contributed by atoms with Crippen LogP contribution in [0.5, 0.6) is 0 Å². The summed E-state index contributed by atoms with van der Waals surface area (Å²) < 4.78 is 14.0. The Morgan fingerprint density at radius 2 is 2.15 bits per heavy atom. The minimum atomic E-state index is -0.231. The molecule has 1 aromatic carbocycles. The molecule has 4 nitrogen and oxygen atoms in total. The Bertz CT molecular complexity index is 591. The van der Waals surface area contributed by atoms with E-state index in [1.807, 2.05) is 24.9 Å². The highest BCUT2D eigenvalue weighted by Crippen LogP contribution is 2.29. The van der Waals surface area contributed by atoms with E-state index in [0.29, 0.717) is 6.54 Å². The number of halogens is 2. The second kappa shape index (κ2) is 6.65. The van der Waals surface area contributed by atoms with Crippen LogP contribution in [0.25, 0.3) is 0 Å². The molecular weight excluding hydrogens is 323 g/mol. The fourth-order valence-corrected chi connectivity index (χ4v) is 2.55. The van der Waals surface area contributed by atoms with Gasteiger partial charge in [0.25, 0.3) is 0 Å². The van der Waals surface area contributed by atoms with Gasteiger partial charge in [-0.1, -0.05) is 12.1 Å². The number of anilines is 2. The van der Waals surface area contributed by atoms with Crippen LogP contribution in [0.2, 0.25) is 0 Å². The van der Waals surface area contributed by atoms with Crippen LogP contribution in [0.3, 0.4) is 0 Å². The number of rotatable bonds is 5. The number of hydrogen-bond donors (Lipinski definition) is 1. The molecule has 2 aromatic rings. The van der Waals surface area contributed by atoms with Gasteiger partial charge >= 0.3 is 0 Å². The summed E-state index contributed by atoms with van der Waals surface area (Å²) >= 11 is 3.51. The molecule has 1 aromatic heterocycles. The fourth-order valence-electron chi connectivity index (χ4n) is 1.90. The van der Waals surface area contributed by atoms with Gasteiger partial charge in [0.05, 0.1) is 0 Å². The molecule has 2 rings (SSSR count). The zero-order valence-corrected chi connectivity index (χ0v) is 13.0. The van der Waals surface area contributed by atoms with Gasteiger partial charge in [-0.15, -0.1) is 0 Å². The predicted octanol–water partition coefficient (Wildman–Crippen LogP) is 3.45. The van der Waals surface area contributed by atoms with Crippen molar-refractivity contribution < 1.29 is 4.39 Å². The van der Waals surface area contributed by atoms with Crippen molar-refractivity contribution in [2.24, 2.45) is 0 Å². The molecule has 6 heteroatoms. The summed E-state index contributed by atoms with van der Waals surface area (Å²) in [6.45, 7) is 3.35. The zero-order chi connectivity index (χ0) is 14.5. The average molecular weight is 339 g/mol. The van der Waals surface area contributed by atoms with E-state index in [1.54, 1.807) is 6.07 Å². The average Bonchev–Trinajstić information content (AvgIpc) is 2.41. The molecule has 0 amide bonds. The van der Waals surface area contributed by atoms with Gasteiger partial charge in [-0.3, -0.25) is 0 Å². The molecule has 1 N–H and O–H groups in total. The van der Waals surface area contributed by atoms with Crippen LogP contribution >= 0.6 is 15.9 Å². The Hall–Kier alpha value is -1.69. The third-order valence-electron chi connectivity index (χ3n) is 2.79. The topological polar surface area (TPSA) is 41.1 Å². The maximum atomic E-state index is 13.2. The highest BCUT2D eigenvalue weighted by atomic mass is 79.9. The number of nitrogens with one attached hydrogen (secondary N) is 1. The van der Waals surface area contributed by atoms with E-state index in [9.17, 15) is 4.39 Å². The fraction of sp³-hybridized carbons (Fsp3) is 0.286. The van der Waals surface area contributed by atoms with Crippen LogP contribution in [-0.4, -0.2) is 23.6 Å². The van der Waals surface area contributed by atoms with Crippen molar-refractivity contribution in [1.29, 1.82) is 0 Å². The van der Waals surface area contributed by atoms with Crippen molar-refractivity contribution in [2.75, 3.05) is 23.8 Å². The summed E-state index contributed by atoms with van der Waals surface area (Å²) in [7, 11) is 1.91. The Morgan fingerprint density at radius 3 is 2.85 bits per heavy atom. The van der Waals surface area contributed by atoms with E-state index >= 15 is 0 Å². The lowest BCUT2D eigenvalue weighted by atomic mass is 10.2. The molecule has 0 aliphatic heterocycles. The van der Waals surface area contributed by atoms with Crippen LogP contribution in [0.4, 0.5) is 16.0 Å². The first-order chi connectivity index (χ1) is 9.61. The summed E-state index contributed by atoms with van der Waals surface area (Å²) in [4.78, 5) is 10.4. The lowest BCUT2D eigenvalue weighted by Gasteiger charge is -2.20. The van der Waals surface area contributed by atoms with Gasteiger partial charge in [-0.05, 0) is 40.5 Å². The van der Waals surface area contributed by atoms with Gasteiger partial charge in [-0.2, -0.15) is 0 Å². The summed E-state index contributed by atoms with van der Waals surface area (Å²) in [5, 5.41) is 3.16. The van der Waals surface area contributed by atoms with E-state index in [1.165, 1.54) is 18.5 Å². The Morgan fingerprint density at radius 1 is 1.35 bits per heavy atom. The van der Waals surface area contributed by atoms with Crippen LogP contribution in [0.15, 0.2) is 35.1 Å². The third kappa shape index (κ3) is 3.45. The van der Waals surface area contributed by atoms with Crippen LogP contribution in [0.1, 0.15) is 12.5 Å². The minimum Gasteiger partial charge on any atom is -0.369 e. The number of aromatic nitrogens is 2. The first kappa shape index (κ1) is 14.7. The molecule has 0 saturated heterocycles. The SMILES string of the molecule is CCNc1ncnc(N(C)Cc2cccc(F)c2)c1Br. The summed E-state index contributed by atoms with van der Waals surface area (Å²) in [6, 6.07) is 6.56. The lowest BCUT2D eigenvalue weighted by molar-refractivity contribution is 0.625. The van der Waals surface area contributed by atoms with Gasteiger partial charge in [0.2, 0.25) is 0 Å². The van der Waals surface area contributed by atoms with Crippen molar-refractivity contribution in [3.8, 4) is 0 Å². The molecule has 0 saturated carbocycles. The molecule has 0 spiro atoms. The first-order valence-electron chi connectivity index (χ1n) is 6.31. The monoisotopic (exact) mass is 338 g/mol. The van der Waals surface area contributed by atoms with Crippen LogP contribution in [0, 0.1) is 5.82 Å². The van der Waals surface area contributed by atoms with Gasteiger partial charge < -0.3 is 10.2 Å². The van der Waals surface area contributed by atoms with Gasteiger partial charge in [0.1, 0.15) is 28.3 Å². The molecule has 0 aliphatic rings. The van der Waals surface area contributed by atoms with Gasteiger partial charge in [0, 0.05) is 20.1 Å². The first-order valence-corrected chi connectivity index (χ1v) is 7.11. The molecular formula is C14H16BrFN4. The molecule has 0 unspecified atom stereocenters. The van der Waals surface area contributed by atoms with Gasteiger partial charge in [-0.25, -0.2) is 14.4 Å². The Balaban J connectivity index is 2.21. The van der Waals surface area contributed by atoms with Crippen molar-refractivity contribution in [3.63, 3.8) is 0 Å². The summed E-state index contributed by atoms with van der Waals surface area (Å²) in [5.74, 6) is 1.29. The molecule has 106 valence electrons. The highest BCUT2D eigenvalue weighted by molar-refractivity contribution is 9.10. The normalized spacial score (nSPS) is 10.4. The van der Waals surface area contributed by atoms with E-state index in [4.69, 9.17) is 0 Å². The molecule has 1 heterocycles. The predicted molar refractivity (Wildman–Crippen MR) is 82.4 cm³/mol. The quantitative estimate of drug-likeness (QED) is 0.906. The van der Waals surface area contributed by atoms with E-state index in [0.717, 1.165) is 28.2 Å². The molecule has 0 fully saturated rings. The van der Waals surface area contributed by atoms with Crippen molar-refractivity contribution in [3.05, 3.63) is 46.4 Å². The molecule has 0 aliphatic carbocycles. The molecule has 0 bridgehead atoms. The van der Waals surface area contributed by atoms with E-state index < -0.39 is 0 Å². The smallest absolute Gasteiger partial charge is 0.148 e. The molecule has 0 radical (unpaired) electrons. The van der Waals surface area contributed by atoms with Crippen LogP contribution in [-0.2, 0) is 6.54 Å². The Labute approximate surface area is 126 Å². The molecule has 0 atom stereocenters. The highest BCUT2D eigenvalue weighted by Gasteiger charge is 2.12. The number of benzene rings is 1. The summed E-state index contributed by atoms with van der Waals surface area (Å²) in [5.41, 5.74) is 0.892.